The molecule has 0 aliphatic heterocycles. The highest BCUT2D eigenvalue weighted by Crippen LogP contribution is 2.35. The summed E-state index contributed by atoms with van der Waals surface area (Å²) in [6.07, 6.45) is 3.06. The monoisotopic (exact) mass is 425 g/mol. The number of hydrogen-bond donors (Lipinski definition) is 1. The van der Waals surface area contributed by atoms with Gasteiger partial charge in [0, 0.05) is 11.9 Å². The fraction of sp³-hybridized carbons (Fsp3) is 0.545. The zero-order chi connectivity index (χ0) is 21.8. The highest BCUT2D eigenvalue weighted by atomic mass is 19.4. The van der Waals surface area contributed by atoms with E-state index in [0.717, 1.165) is 50.5 Å². The van der Waals surface area contributed by atoms with Gasteiger partial charge < -0.3 is 14.8 Å². The summed E-state index contributed by atoms with van der Waals surface area (Å²) in [7, 11) is 0. The molecule has 5 nitrogen and oxygen atoms in total. The van der Waals surface area contributed by atoms with Crippen molar-refractivity contribution in [3.8, 4) is 11.6 Å². The standard InChI is InChI=1S/C22H30F3N3O2/c1-3-5-7-9-15-30-20-19(22(23,24)25)16-26-21(28-20)27-17-10-12-18(13-11-17)29-14-8-6-4-2/h10-13,16H,3-9,14-15H2,1-2H3,(H,26,27,28). The number of alkyl halides is 3. The highest BCUT2D eigenvalue weighted by molar-refractivity contribution is 5.55. The van der Waals surface area contributed by atoms with Crippen LogP contribution < -0.4 is 14.8 Å². The van der Waals surface area contributed by atoms with E-state index >= 15 is 0 Å². The number of rotatable bonds is 13. The molecular weight excluding hydrogens is 395 g/mol. The van der Waals surface area contributed by atoms with Crippen LogP contribution in [0.5, 0.6) is 11.6 Å². The van der Waals surface area contributed by atoms with Crippen molar-refractivity contribution in [1.82, 2.24) is 9.97 Å². The number of aromatic nitrogens is 2. The minimum absolute atomic E-state index is 0.0446. The minimum atomic E-state index is -4.58. The topological polar surface area (TPSA) is 56.3 Å². The van der Waals surface area contributed by atoms with Crippen LogP contribution in [0.2, 0.25) is 0 Å². The average molecular weight is 425 g/mol. The highest BCUT2D eigenvalue weighted by Gasteiger charge is 2.36. The zero-order valence-electron chi connectivity index (χ0n) is 17.6. The first-order chi connectivity index (χ1) is 14.4. The fourth-order valence-corrected chi connectivity index (χ4v) is 2.73. The van der Waals surface area contributed by atoms with Gasteiger partial charge in [-0.3, -0.25) is 0 Å². The number of anilines is 2. The van der Waals surface area contributed by atoms with Crippen molar-refractivity contribution in [2.45, 2.75) is 65.0 Å². The van der Waals surface area contributed by atoms with Gasteiger partial charge in [-0.2, -0.15) is 18.2 Å². The summed E-state index contributed by atoms with van der Waals surface area (Å²) >= 11 is 0. The van der Waals surface area contributed by atoms with Gasteiger partial charge >= 0.3 is 6.18 Å². The Morgan fingerprint density at radius 1 is 0.867 bits per heavy atom. The molecule has 0 spiro atoms. The molecule has 0 saturated heterocycles. The lowest BCUT2D eigenvalue weighted by Crippen LogP contribution is -2.13. The molecule has 0 fully saturated rings. The quantitative estimate of drug-likeness (QED) is 0.359. The first-order valence-corrected chi connectivity index (χ1v) is 10.5. The molecule has 0 aliphatic rings. The van der Waals surface area contributed by atoms with E-state index in [9.17, 15) is 13.2 Å². The third kappa shape index (κ3) is 8.08. The Kier molecular flexibility index (Phi) is 9.70. The van der Waals surface area contributed by atoms with E-state index in [2.05, 4.69) is 29.1 Å². The van der Waals surface area contributed by atoms with E-state index < -0.39 is 17.6 Å². The van der Waals surface area contributed by atoms with Gasteiger partial charge in [0.2, 0.25) is 11.8 Å². The van der Waals surface area contributed by atoms with Crippen molar-refractivity contribution in [3.05, 3.63) is 36.0 Å². The molecule has 30 heavy (non-hydrogen) atoms. The molecule has 0 radical (unpaired) electrons. The maximum Gasteiger partial charge on any atom is 0.423 e. The number of halogens is 3. The Morgan fingerprint density at radius 2 is 1.50 bits per heavy atom. The summed E-state index contributed by atoms with van der Waals surface area (Å²) in [4.78, 5) is 7.75. The summed E-state index contributed by atoms with van der Waals surface area (Å²) < 4.78 is 50.7. The summed E-state index contributed by atoms with van der Waals surface area (Å²) in [6, 6.07) is 7.12. The van der Waals surface area contributed by atoms with Crippen LogP contribution in [-0.2, 0) is 6.18 Å². The van der Waals surface area contributed by atoms with Crippen LogP contribution in [0.3, 0.4) is 0 Å². The number of ether oxygens (including phenoxy) is 2. The molecule has 1 aromatic carbocycles. The number of nitrogens with zero attached hydrogens (tertiary/aromatic N) is 2. The largest absolute Gasteiger partial charge is 0.494 e. The van der Waals surface area contributed by atoms with Crippen LogP contribution in [0.4, 0.5) is 24.8 Å². The van der Waals surface area contributed by atoms with Crippen molar-refractivity contribution < 1.29 is 22.6 Å². The predicted molar refractivity (Wildman–Crippen MR) is 111 cm³/mol. The van der Waals surface area contributed by atoms with E-state index in [-0.39, 0.29) is 12.6 Å². The molecule has 0 unspecified atom stereocenters. The van der Waals surface area contributed by atoms with E-state index in [1.54, 1.807) is 24.3 Å². The third-order valence-electron chi connectivity index (χ3n) is 4.42. The van der Waals surface area contributed by atoms with Crippen molar-refractivity contribution in [3.63, 3.8) is 0 Å². The molecule has 0 atom stereocenters. The predicted octanol–water partition coefficient (Wildman–Crippen LogP) is 6.77. The number of unbranched alkanes of at least 4 members (excludes halogenated alkanes) is 5. The van der Waals surface area contributed by atoms with Gasteiger partial charge in [0.1, 0.15) is 11.3 Å². The van der Waals surface area contributed by atoms with Gasteiger partial charge in [0.05, 0.1) is 13.2 Å². The molecule has 2 rings (SSSR count). The average Bonchev–Trinajstić information content (AvgIpc) is 2.71. The van der Waals surface area contributed by atoms with Crippen LogP contribution >= 0.6 is 0 Å². The van der Waals surface area contributed by atoms with Crippen LogP contribution in [0.25, 0.3) is 0 Å². The molecule has 0 amide bonds. The van der Waals surface area contributed by atoms with Gasteiger partial charge in [-0.15, -0.1) is 0 Å². The Labute approximate surface area is 176 Å². The molecule has 0 bridgehead atoms. The van der Waals surface area contributed by atoms with E-state index in [4.69, 9.17) is 9.47 Å². The summed E-state index contributed by atoms with van der Waals surface area (Å²) in [6.45, 7) is 5.04. The van der Waals surface area contributed by atoms with E-state index in [1.165, 1.54) is 0 Å². The molecule has 1 aromatic heterocycles. The maximum atomic E-state index is 13.2. The van der Waals surface area contributed by atoms with E-state index in [0.29, 0.717) is 18.7 Å². The Bertz CT molecular complexity index is 752. The van der Waals surface area contributed by atoms with Crippen molar-refractivity contribution in [2.24, 2.45) is 0 Å². The van der Waals surface area contributed by atoms with Crippen LogP contribution in [0, 0.1) is 0 Å². The smallest absolute Gasteiger partial charge is 0.423 e. The first-order valence-electron chi connectivity index (χ1n) is 10.5. The van der Waals surface area contributed by atoms with Crippen LogP contribution in [-0.4, -0.2) is 23.2 Å². The molecule has 2 aromatic rings. The van der Waals surface area contributed by atoms with Gasteiger partial charge in [0.15, 0.2) is 0 Å². The number of nitrogens with one attached hydrogen (secondary N) is 1. The van der Waals surface area contributed by atoms with Gasteiger partial charge in [-0.05, 0) is 37.1 Å². The van der Waals surface area contributed by atoms with Gasteiger partial charge in [-0.1, -0.05) is 46.0 Å². The summed E-state index contributed by atoms with van der Waals surface area (Å²) in [5, 5.41) is 2.91. The second-order valence-corrected chi connectivity index (χ2v) is 7.02. The number of benzene rings is 1. The second kappa shape index (κ2) is 12.2. The van der Waals surface area contributed by atoms with Crippen molar-refractivity contribution >= 4 is 11.6 Å². The molecule has 0 aliphatic carbocycles. The lowest BCUT2D eigenvalue weighted by molar-refractivity contribution is -0.139. The number of hydrogen-bond acceptors (Lipinski definition) is 5. The van der Waals surface area contributed by atoms with Crippen LogP contribution in [0.15, 0.2) is 30.5 Å². The normalized spacial score (nSPS) is 11.4. The Hall–Kier alpha value is -2.51. The van der Waals surface area contributed by atoms with Crippen molar-refractivity contribution in [2.75, 3.05) is 18.5 Å². The minimum Gasteiger partial charge on any atom is -0.494 e. The first kappa shape index (κ1) is 23.8. The van der Waals surface area contributed by atoms with Gasteiger partial charge in [0.25, 0.3) is 0 Å². The van der Waals surface area contributed by atoms with Gasteiger partial charge in [-0.25, -0.2) is 4.98 Å². The fourth-order valence-electron chi connectivity index (χ4n) is 2.73. The Morgan fingerprint density at radius 3 is 2.17 bits per heavy atom. The summed E-state index contributed by atoms with van der Waals surface area (Å²) in [5.74, 6) is 0.330. The lowest BCUT2D eigenvalue weighted by atomic mass is 10.2. The maximum absolute atomic E-state index is 13.2. The molecule has 166 valence electrons. The third-order valence-corrected chi connectivity index (χ3v) is 4.42. The van der Waals surface area contributed by atoms with Crippen molar-refractivity contribution in [1.29, 1.82) is 0 Å². The second-order valence-electron chi connectivity index (χ2n) is 7.02. The molecule has 8 heteroatoms. The van der Waals surface area contributed by atoms with Crippen LogP contribution in [0.1, 0.15) is 64.4 Å². The Balaban J connectivity index is 2.01. The lowest BCUT2D eigenvalue weighted by Gasteiger charge is -2.14. The molecule has 0 saturated carbocycles. The zero-order valence-corrected chi connectivity index (χ0v) is 17.6. The van der Waals surface area contributed by atoms with E-state index in [1.807, 2.05) is 0 Å². The SMILES string of the molecule is CCCCCCOc1nc(Nc2ccc(OCCCCC)cc2)ncc1C(F)(F)F. The summed E-state index contributed by atoms with van der Waals surface area (Å²) in [5.41, 5.74) is -0.330. The molecule has 1 heterocycles. The molecule has 1 N–H and O–H groups in total. The molecular formula is C22H30F3N3O2.